The second kappa shape index (κ2) is 10.3. The van der Waals surface area contributed by atoms with E-state index in [4.69, 9.17) is 0 Å². The molecule has 0 aliphatic heterocycles. The Morgan fingerprint density at radius 2 is 1.27 bits per heavy atom. The molecular formula is C13H26IP. The molecule has 0 bridgehead atoms. The molecule has 0 aromatic rings. The highest BCUT2D eigenvalue weighted by atomic mass is 127. The molecular weight excluding hydrogens is 314 g/mol. The van der Waals surface area contributed by atoms with Crippen LogP contribution in [0.5, 0.6) is 0 Å². The van der Waals surface area contributed by atoms with E-state index >= 15 is 0 Å². The maximum Gasteiger partial charge on any atom is -0.0260 e. The number of hydrogen-bond acceptors (Lipinski definition) is 0. The van der Waals surface area contributed by atoms with E-state index in [9.17, 15) is 0 Å². The fourth-order valence-corrected chi connectivity index (χ4v) is 4.07. The maximum absolute atomic E-state index is 2.55. The first-order valence-electron chi connectivity index (χ1n) is 6.77. The molecule has 0 nitrogen and oxygen atoms in total. The van der Waals surface area contributed by atoms with E-state index in [1.54, 1.807) is 0 Å². The summed E-state index contributed by atoms with van der Waals surface area (Å²) >= 11 is 2.55. The minimum atomic E-state index is 1.07. The van der Waals surface area contributed by atoms with Crippen LogP contribution in [-0.4, -0.2) is 6.16 Å². The van der Waals surface area contributed by atoms with Gasteiger partial charge in [0.05, 0.1) is 0 Å². The van der Waals surface area contributed by atoms with Crippen molar-refractivity contribution in [2.75, 3.05) is 6.16 Å². The Balaban J connectivity index is 2.19. The Morgan fingerprint density at radius 3 is 1.73 bits per heavy atom. The second-order valence-corrected chi connectivity index (χ2v) is 8.00. The number of rotatable bonds is 3. The van der Waals surface area contributed by atoms with Gasteiger partial charge in [-0.2, -0.15) is 0 Å². The molecule has 15 heavy (non-hydrogen) atoms. The van der Waals surface area contributed by atoms with Crippen LogP contribution in [0, 0.1) is 5.92 Å². The lowest BCUT2D eigenvalue weighted by Crippen LogP contribution is -2.01. The highest BCUT2D eigenvalue weighted by Gasteiger charge is 2.09. The zero-order valence-corrected chi connectivity index (χ0v) is 13.1. The van der Waals surface area contributed by atoms with Gasteiger partial charge in [0.1, 0.15) is 0 Å². The van der Waals surface area contributed by atoms with Crippen LogP contribution in [0.1, 0.15) is 70.6 Å². The normalized spacial score (nSPS) is 23.0. The topological polar surface area (TPSA) is 0 Å². The summed E-state index contributed by atoms with van der Waals surface area (Å²) in [7, 11) is 0. The smallest absolute Gasteiger partial charge is 0.0260 e. The van der Waals surface area contributed by atoms with Gasteiger partial charge in [-0.25, -0.2) is 0 Å². The van der Waals surface area contributed by atoms with Crippen molar-refractivity contribution in [1.29, 1.82) is 0 Å². The number of hydrogen-bond donors (Lipinski definition) is 0. The van der Waals surface area contributed by atoms with Crippen molar-refractivity contribution in [2.45, 2.75) is 70.6 Å². The SMILES string of the molecule is IPCCC1CCCCCCCCCC1. The Bertz CT molecular complexity index is 126. The van der Waals surface area contributed by atoms with Gasteiger partial charge in [-0.15, -0.1) is 0 Å². The lowest BCUT2D eigenvalue weighted by atomic mass is 9.93. The van der Waals surface area contributed by atoms with Crippen molar-refractivity contribution in [3.05, 3.63) is 0 Å². The molecule has 0 amide bonds. The largest absolute Gasteiger partial charge is 0.0572 e. The molecule has 1 aliphatic rings. The lowest BCUT2D eigenvalue weighted by molar-refractivity contribution is 0.405. The third kappa shape index (κ3) is 7.96. The van der Waals surface area contributed by atoms with E-state index < -0.39 is 0 Å². The van der Waals surface area contributed by atoms with E-state index in [2.05, 4.69) is 22.0 Å². The first-order chi connectivity index (χ1) is 7.43. The molecule has 1 saturated carbocycles. The summed E-state index contributed by atoms with van der Waals surface area (Å²) in [6, 6.07) is 0. The molecule has 0 N–H and O–H groups in total. The summed E-state index contributed by atoms with van der Waals surface area (Å²) in [6.45, 7) is 0. The molecule has 0 aromatic carbocycles. The first kappa shape index (κ1) is 14.2. The van der Waals surface area contributed by atoms with Gasteiger partial charge in [0, 0.05) is 0 Å². The van der Waals surface area contributed by atoms with E-state index in [0.717, 1.165) is 12.1 Å². The zero-order valence-electron chi connectivity index (χ0n) is 9.94. The van der Waals surface area contributed by atoms with Crippen LogP contribution in [0.4, 0.5) is 0 Å². The Kier molecular flexibility index (Phi) is 9.79. The lowest BCUT2D eigenvalue weighted by Gasteiger charge is -2.15. The maximum atomic E-state index is 2.55. The second-order valence-electron chi connectivity index (χ2n) is 4.94. The Labute approximate surface area is 111 Å². The van der Waals surface area contributed by atoms with Gasteiger partial charge >= 0.3 is 0 Å². The third-order valence-electron chi connectivity index (χ3n) is 3.62. The molecule has 1 aliphatic carbocycles. The van der Waals surface area contributed by atoms with Crippen molar-refractivity contribution in [1.82, 2.24) is 0 Å². The third-order valence-corrected chi connectivity index (χ3v) is 5.72. The first-order valence-corrected chi connectivity index (χ1v) is 11.1. The quantitative estimate of drug-likeness (QED) is 0.441. The number of halogens is 1. The molecule has 2 heteroatoms. The van der Waals surface area contributed by atoms with E-state index in [0.29, 0.717) is 0 Å². The Hall–Kier alpha value is 1.16. The van der Waals surface area contributed by atoms with Crippen molar-refractivity contribution < 1.29 is 0 Å². The van der Waals surface area contributed by atoms with Gasteiger partial charge in [0.2, 0.25) is 0 Å². The minimum absolute atomic E-state index is 1.07. The van der Waals surface area contributed by atoms with Crippen LogP contribution in [0.25, 0.3) is 0 Å². The molecule has 0 spiro atoms. The van der Waals surface area contributed by atoms with Crippen LogP contribution in [-0.2, 0) is 0 Å². The summed E-state index contributed by atoms with van der Waals surface area (Å²) in [5, 5.41) is 0. The monoisotopic (exact) mass is 340 g/mol. The van der Waals surface area contributed by atoms with Gasteiger partial charge < -0.3 is 0 Å². The van der Waals surface area contributed by atoms with Gasteiger partial charge in [-0.05, 0) is 18.5 Å². The van der Waals surface area contributed by atoms with Crippen molar-refractivity contribution in [3.63, 3.8) is 0 Å². The average Bonchev–Trinajstić information content (AvgIpc) is 2.31. The van der Waals surface area contributed by atoms with Gasteiger partial charge in [-0.3, -0.25) is 0 Å². The van der Waals surface area contributed by atoms with Crippen LogP contribution in [0.3, 0.4) is 0 Å². The summed E-state index contributed by atoms with van der Waals surface area (Å²) < 4.78 is 0. The average molecular weight is 340 g/mol. The van der Waals surface area contributed by atoms with Crippen LogP contribution < -0.4 is 0 Å². The van der Waals surface area contributed by atoms with Crippen molar-refractivity contribution >= 4 is 28.3 Å². The van der Waals surface area contributed by atoms with Crippen LogP contribution in [0.2, 0.25) is 0 Å². The Morgan fingerprint density at radius 1 is 0.800 bits per heavy atom. The molecule has 90 valence electrons. The molecule has 1 fully saturated rings. The molecule has 0 aromatic heterocycles. The van der Waals surface area contributed by atoms with Gasteiger partial charge in [0.25, 0.3) is 0 Å². The highest BCUT2D eigenvalue weighted by molar-refractivity contribution is 14.2. The van der Waals surface area contributed by atoms with Gasteiger partial charge in [0.15, 0.2) is 0 Å². The molecule has 0 saturated heterocycles. The minimum Gasteiger partial charge on any atom is -0.0572 e. The summed E-state index contributed by atoms with van der Waals surface area (Å²) in [5.41, 5.74) is 0. The summed E-state index contributed by atoms with van der Waals surface area (Å²) in [5.74, 6) is 1.07. The fourth-order valence-electron chi connectivity index (χ4n) is 2.62. The fraction of sp³-hybridized carbons (Fsp3) is 1.00. The predicted molar refractivity (Wildman–Crippen MR) is 81.5 cm³/mol. The van der Waals surface area contributed by atoms with Crippen LogP contribution >= 0.6 is 28.3 Å². The van der Waals surface area contributed by atoms with Crippen molar-refractivity contribution in [2.24, 2.45) is 5.92 Å². The molecule has 1 atom stereocenters. The zero-order chi connectivity index (χ0) is 10.8. The predicted octanol–water partition coefficient (Wildman–Crippen LogP) is 5.94. The van der Waals surface area contributed by atoms with Gasteiger partial charge in [-0.1, -0.05) is 92.5 Å². The van der Waals surface area contributed by atoms with E-state index in [-0.39, 0.29) is 0 Å². The van der Waals surface area contributed by atoms with Crippen molar-refractivity contribution in [3.8, 4) is 0 Å². The molecule has 0 heterocycles. The summed E-state index contributed by atoms with van der Waals surface area (Å²) in [6.07, 6.45) is 19.2. The van der Waals surface area contributed by atoms with E-state index in [1.165, 1.54) is 76.8 Å². The van der Waals surface area contributed by atoms with E-state index in [1.807, 2.05) is 0 Å². The molecule has 0 radical (unpaired) electrons. The molecule has 1 unspecified atom stereocenters. The van der Waals surface area contributed by atoms with Crippen LogP contribution in [0.15, 0.2) is 0 Å². The standard InChI is InChI=1S/C13H26IP/c14-15-12-11-13-9-7-5-3-1-2-4-6-8-10-13/h13,15H,1-12H2. The summed E-state index contributed by atoms with van der Waals surface area (Å²) in [4.78, 5) is 0. The molecule has 1 rings (SSSR count). The highest BCUT2D eigenvalue weighted by Crippen LogP contribution is 2.29.